The molecule has 30 heavy (non-hydrogen) atoms. The molecule has 0 N–H and O–H groups in total. The lowest BCUT2D eigenvalue weighted by Crippen LogP contribution is -2.30. The zero-order chi connectivity index (χ0) is 19.9. The van der Waals surface area contributed by atoms with Crippen molar-refractivity contribution in [2.24, 2.45) is 0 Å². The predicted octanol–water partition coefficient (Wildman–Crippen LogP) is 4.64. The van der Waals surface area contributed by atoms with Gasteiger partial charge in [0.15, 0.2) is 5.76 Å². The van der Waals surface area contributed by atoms with Gasteiger partial charge in [0.1, 0.15) is 18.1 Å². The van der Waals surface area contributed by atoms with Gasteiger partial charge in [-0.15, -0.1) is 12.4 Å². The molecule has 0 amide bonds. The standard InChI is InChI=1S/C23H27N3O3.ClH/c1-26-11-5-8-20(26)17-28-22-13-18(15-24-16-22)23-14-19(25-29-23)7-6-12-27-21-9-3-2-4-10-21;/h2-4,9-10,13-16,20H,5-8,11-12,17H2,1H3;1H/t20-;/m0./s1. The molecule has 160 valence electrons. The first kappa shape index (κ1) is 22.1. The Balaban J connectivity index is 0.00000256. The molecule has 3 heterocycles. The van der Waals surface area contributed by atoms with Gasteiger partial charge in [0.05, 0.1) is 18.5 Å². The van der Waals surface area contributed by atoms with E-state index in [4.69, 9.17) is 14.0 Å². The van der Waals surface area contributed by atoms with Crippen LogP contribution < -0.4 is 9.47 Å². The average Bonchev–Trinajstić information content (AvgIpc) is 3.40. The van der Waals surface area contributed by atoms with Gasteiger partial charge in [0, 0.05) is 23.9 Å². The molecular weight excluding hydrogens is 402 g/mol. The van der Waals surface area contributed by atoms with E-state index in [0.29, 0.717) is 25.0 Å². The van der Waals surface area contributed by atoms with Crippen molar-refractivity contribution in [1.29, 1.82) is 0 Å². The Bertz CT molecular complexity index is 903. The van der Waals surface area contributed by atoms with Crippen LogP contribution in [0.25, 0.3) is 11.3 Å². The molecule has 0 aliphatic carbocycles. The van der Waals surface area contributed by atoms with Crippen molar-refractivity contribution in [3.63, 3.8) is 0 Å². The van der Waals surface area contributed by atoms with Crippen molar-refractivity contribution in [2.45, 2.75) is 31.7 Å². The highest BCUT2D eigenvalue weighted by molar-refractivity contribution is 5.85. The number of likely N-dealkylation sites (N-methyl/N-ethyl adjacent to an activating group) is 1. The molecule has 1 atom stereocenters. The van der Waals surface area contributed by atoms with Crippen LogP contribution in [0.2, 0.25) is 0 Å². The molecule has 7 heteroatoms. The second-order valence-corrected chi connectivity index (χ2v) is 7.44. The molecule has 3 aromatic rings. The smallest absolute Gasteiger partial charge is 0.168 e. The number of rotatable bonds is 9. The van der Waals surface area contributed by atoms with Crippen LogP contribution in [0, 0.1) is 0 Å². The van der Waals surface area contributed by atoms with Crippen LogP contribution in [0.1, 0.15) is 25.0 Å². The summed E-state index contributed by atoms with van der Waals surface area (Å²) in [4.78, 5) is 6.65. The van der Waals surface area contributed by atoms with Crippen LogP contribution in [0.5, 0.6) is 11.5 Å². The molecule has 1 aromatic carbocycles. The van der Waals surface area contributed by atoms with Gasteiger partial charge in [0.2, 0.25) is 0 Å². The molecule has 0 unspecified atom stereocenters. The van der Waals surface area contributed by atoms with Crippen LogP contribution in [0.4, 0.5) is 0 Å². The van der Waals surface area contributed by atoms with E-state index < -0.39 is 0 Å². The summed E-state index contributed by atoms with van der Waals surface area (Å²) in [5, 5.41) is 4.18. The first-order chi connectivity index (χ1) is 14.3. The highest BCUT2D eigenvalue weighted by Crippen LogP contribution is 2.25. The predicted molar refractivity (Wildman–Crippen MR) is 118 cm³/mol. The molecule has 1 aliphatic heterocycles. The average molecular weight is 430 g/mol. The van der Waals surface area contributed by atoms with Crippen molar-refractivity contribution in [3.8, 4) is 22.8 Å². The number of nitrogens with zero attached hydrogens (tertiary/aromatic N) is 3. The third kappa shape index (κ3) is 5.97. The Kier molecular flexibility index (Phi) is 8.11. The lowest BCUT2D eigenvalue weighted by atomic mass is 10.2. The third-order valence-electron chi connectivity index (χ3n) is 5.26. The molecule has 1 fully saturated rings. The fourth-order valence-electron chi connectivity index (χ4n) is 3.54. The summed E-state index contributed by atoms with van der Waals surface area (Å²) in [7, 11) is 2.15. The number of halogens is 1. The van der Waals surface area contributed by atoms with Gasteiger partial charge < -0.3 is 18.9 Å². The van der Waals surface area contributed by atoms with E-state index in [1.807, 2.05) is 42.5 Å². The summed E-state index contributed by atoms with van der Waals surface area (Å²) in [5.41, 5.74) is 1.79. The molecule has 0 spiro atoms. The molecule has 4 rings (SSSR count). The number of pyridine rings is 1. The summed E-state index contributed by atoms with van der Waals surface area (Å²) in [6.45, 7) is 2.47. The van der Waals surface area contributed by atoms with E-state index in [-0.39, 0.29) is 12.4 Å². The lowest BCUT2D eigenvalue weighted by Gasteiger charge is -2.19. The molecule has 0 bridgehead atoms. The number of para-hydroxylation sites is 1. The van der Waals surface area contributed by atoms with Crippen LogP contribution in [0.3, 0.4) is 0 Å². The van der Waals surface area contributed by atoms with Crippen molar-refractivity contribution < 1.29 is 14.0 Å². The normalized spacial score (nSPS) is 16.2. The Morgan fingerprint density at radius 1 is 1.10 bits per heavy atom. The Morgan fingerprint density at radius 2 is 1.97 bits per heavy atom. The van der Waals surface area contributed by atoms with E-state index in [0.717, 1.165) is 42.1 Å². The molecule has 2 aromatic heterocycles. The summed E-state index contributed by atoms with van der Waals surface area (Å²) in [6, 6.07) is 14.2. The first-order valence-corrected chi connectivity index (χ1v) is 10.2. The van der Waals surface area contributed by atoms with E-state index in [9.17, 15) is 0 Å². The SMILES string of the molecule is CN1CCC[C@H]1COc1cncc(-c2cc(CCCOc3ccccc3)no2)c1.Cl. The minimum atomic E-state index is 0. The van der Waals surface area contributed by atoms with Gasteiger partial charge in [-0.05, 0) is 57.5 Å². The minimum absolute atomic E-state index is 0. The maximum atomic E-state index is 5.97. The first-order valence-electron chi connectivity index (χ1n) is 10.2. The maximum absolute atomic E-state index is 5.97. The van der Waals surface area contributed by atoms with E-state index >= 15 is 0 Å². The van der Waals surface area contributed by atoms with Crippen molar-refractivity contribution in [3.05, 3.63) is 60.6 Å². The monoisotopic (exact) mass is 429 g/mol. The Morgan fingerprint density at radius 3 is 2.77 bits per heavy atom. The number of aryl methyl sites for hydroxylation is 1. The number of ether oxygens (including phenoxy) is 2. The highest BCUT2D eigenvalue weighted by atomic mass is 35.5. The van der Waals surface area contributed by atoms with E-state index in [1.165, 1.54) is 12.8 Å². The third-order valence-corrected chi connectivity index (χ3v) is 5.26. The number of hydrogen-bond acceptors (Lipinski definition) is 6. The molecule has 6 nitrogen and oxygen atoms in total. The second kappa shape index (κ2) is 11.0. The number of aromatic nitrogens is 2. The number of benzene rings is 1. The van der Waals surface area contributed by atoms with Gasteiger partial charge in [-0.1, -0.05) is 23.4 Å². The highest BCUT2D eigenvalue weighted by Gasteiger charge is 2.21. The maximum Gasteiger partial charge on any atom is 0.168 e. The molecule has 1 saturated heterocycles. The molecule has 1 aliphatic rings. The van der Waals surface area contributed by atoms with Crippen LogP contribution in [0.15, 0.2) is 59.4 Å². The van der Waals surface area contributed by atoms with Gasteiger partial charge >= 0.3 is 0 Å². The molecular formula is C23H28ClN3O3. The lowest BCUT2D eigenvalue weighted by molar-refractivity contribution is 0.198. The zero-order valence-corrected chi connectivity index (χ0v) is 18.0. The fourth-order valence-corrected chi connectivity index (χ4v) is 3.54. The zero-order valence-electron chi connectivity index (χ0n) is 17.2. The van der Waals surface area contributed by atoms with Gasteiger partial charge in [-0.25, -0.2) is 0 Å². The van der Waals surface area contributed by atoms with Gasteiger partial charge in [0.25, 0.3) is 0 Å². The Labute approximate surface area is 183 Å². The van der Waals surface area contributed by atoms with Gasteiger partial charge in [-0.3, -0.25) is 4.98 Å². The summed E-state index contributed by atoms with van der Waals surface area (Å²) in [5.74, 6) is 2.36. The quantitative estimate of drug-likeness (QED) is 0.462. The van der Waals surface area contributed by atoms with E-state index in [2.05, 4.69) is 22.1 Å². The van der Waals surface area contributed by atoms with Crippen molar-refractivity contribution in [1.82, 2.24) is 15.0 Å². The van der Waals surface area contributed by atoms with Gasteiger partial charge in [-0.2, -0.15) is 0 Å². The van der Waals surface area contributed by atoms with E-state index in [1.54, 1.807) is 12.4 Å². The summed E-state index contributed by atoms with van der Waals surface area (Å²) >= 11 is 0. The summed E-state index contributed by atoms with van der Waals surface area (Å²) in [6.07, 6.45) is 7.61. The van der Waals surface area contributed by atoms with Crippen molar-refractivity contribution >= 4 is 12.4 Å². The topological polar surface area (TPSA) is 60.6 Å². The molecule has 0 saturated carbocycles. The number of hydrogen-bond donors (Lipinski definition) is 0. The largest absolute Gasteiger partial charge is 0.494 e. The van der Waals surface area contributed by atoms with Crippen LogP contribution in [-0.4, -0.2) is 47.9 Å². The number of likely N-dealkylation sites (tertiary alicyclic amines) is 1. The van der Waals surface area contributed by atoms with Crippen LogP contribution in [-0.2, 0) is 6.42 Å². The molecule has 0 radical (unpaired) electrons. The second-order valence-electron chi connectivity index (χ2n) is 7.44. The fraction of sp³-hybridized carbons (Fsp3) is 0.391. The van der Waals surface area contributed by atoms with Crippen molar-refractivity contribution in [2.75, 3.05) is 26.8 Å². The Hall–Kier alpha value is -2.57. The minimum Gasteiger partial charge on any atom is -0.494 e. The van der Waals surface area contributed by atoms with Crippen LogP contribution >= 0.6 is 12.4 Å². The summed E-state index contributed by atoms with van der Waals surface area (Å²) < 4.78 is 17.2.